The normalized spacial score (nSPS) is 10.1. The van der Waals surface area contributed by atoms with E-state index in [1.807, 2.05) is 6.92 Å². The number of nitrogens with zero attached hydrogens (tertiary/aromatic N) is 3. The highest BCUT2D eigenvalue weighted by atomic mass is 16.5. The molecule has 0 saturated carbocycles. The van der Waals surface area contributed by atoms with Crippen LogP contribution in [0.4, 0.5) is 5.95 Å². The summed E-state index contributed by atoms with van der Waals surface area (Å²) in [6.07, 6.45) is 1.43. The van der Waals surface area contributed by atoms with Gasteiger partial charge in [-0.1, -0.05) is 0 Å². The van der Waals surface area contributed by atoms with Crippen LogP contribution in [0.15, 0.2) is 12.3 Å². The van der Waals surface area contributed by atoms with Gasteiger partial charge in [-0.15, -0.1) is 0 Å². The number of carbonyl (C=O) groups is 1. The van der Waals surface area contributed by atoms with Gasteiger partial charge in [0.2, 0.25) is 5.95 Å². The van der Waals surface area contributed by atoms with Crippen molar-refractivity contribution in [2.75, 3.05) is 31.7 Å². The second-order valence-electron chi connectivity index (χ2n) is 3.17. The van der Waals surface area contributed by atoms with Gasteiger partial charge in [0.15, 0.2) is 5.69 Å². The lowest BCUT2D eigenvalue weighted by molar-refractivity contribution is 0.0690. The highest BCUT2D eigenvalue weighted by Gasteiger charge is 2.09. The van der Waals surface area contributed by atoms with E-state index in [2.05, 4.69) is 9.97 Å². The maximum absolute atomic E-state index is 10.7. The molecule has 0 aromatic carbocycles. The van der Waals surface area contributed by atoms with Gasteiger partial charge < -0.3 is 14.7 Å². The molecule has 0 atom stereocenters. The van der Waals surface area contributed by atoms with E-state index in [1.54, 1.807) is 11.9 Å². The quantitative estimate of drug-likeness (QED) is 0.716. The summed E-state index contributed by atoms with van der Waals surface area (Å²) >= 11 is 0. The number of ether oxygens (including phenoxy) is 1. The first-order valence-corrected chi connectivity index (χ1v) is 5.00. The zero-order chi connectivity index (χ0) is 12.0. The summed E-state index contributed by atoms with van der Waals surface area (Å²) in [6.45, 7) is 3.76. The first-order valence-electron chi connectivity index (χ1n) is 5.00. The van der Waals surface area contributed by atoms with E-state index < -0.39 is 5.97 Å². The summed E-state index contributed by atoms with van der Waals surface area (Å²) in [5.74, 6) is -0.665. The number of aromatic carboxylic acids is 1. The van der Waals surface area contributed by atoms with E-state index in [-0.39, 0.29) is 5.69 Å². The molecule has 0 radical (unpaired) electrons. The average molecular weight is 225 g/mol. The fourth-order valence-corrected chi connectivity index (χ4v) is 1.10. The predicted octanol–water partition coefficient (Wildman–Crippen LogP) is 0.647. The van der Waals surface area contributed by atoms with Gasteiger partial charge in [-0.05, 0) is 13.0 Å². The van der Waals surface area contributed by atoms with Gasteiger partial charge in [0, 0.05) is 26.4 Å². The van der Waals surface area contributed by atoms with Crippen LogP contribution >= 0.6 is 0 Å². The third-order valence-corrected chi connectivity index (χ3v) is 1.98. The molecule has 6 nitrogen and oxygen atoms in total. The third-order valence-electron chi connectivity index (χ3n) is 1.98. The molecule has 0 aliphatic carbocycles. The van der Waals surface area contributed by atoms with Gasteiger partial charge in [0.25, 0.3) is 0 Å². The molecule has 1 heterocycles. The molecule has 0 aliphatic heterocycles. The molecule has 0 aliphatic rings. The Hall–Kier alpha value is -1.69. The molecule has 88 valence electrons. The molecule has 0 amide bonds. The standard InChI is InChI=1S/C10H15N3O3/c1-3-16-7-6-13(2)10-11-5-4-8(12-10)9(14)15/h4-5H,3,6-7H2,1-2H3,(H,14,15). The Morgan fingerprint density at radius 1 is 1.62 bits per heavy atom. The summed E-state index contributed by atoms with van der Waals surface area (Å²) in [5, 5.41) is 8.77. The molecule has 1 aromatic rings. The topological polar surface area (TPSA) is 75.5 Å². The lowest BCUT2D eigenvalue weighted by atomic mass is 10.4. The van der Waals surface area contributed by atoms with Crippen LogP contribution in [0.1, 0.15) is 17.4 Å². The molecule has 1 N–H and O–H groups in total. The number of aromatic nitrogens is 2. The molecule has 1 rings (SSSR count). The monoisotopic (exact) mass is 225 g/mol. The van der Waals surface area contributed by atoms with E-state index in [0.717, 1.165) is 0 Å². The average Bonchev–Trinajstić information content (AvgIpc) is 2.29. The molecule has 16 heavy (non-hydrogen) atoms. The maximum atomic E-state index is 10.7. The number of likely N-dealkylation sites (N-methyl/N-ethyl adjacent to an activating group) is 1. The molecule has 0 unspecified atom stereocenters. The van der Waals surface area contributed by atoms with Crippen molar-refractivity contribution >= 4 is 11.9 Å². The molecular formula is C10H15N3O3. The maximum Gasteiger partial charge on any atom is 0.354 e. The smallest absolute Gasteiger partial charge is 0.354 e. The predicted molar refractivity (Wildman–Crippen MR) is 58.8 cm³/mol. The van der Waals surface area contributed by atoms with Crippen molar-refractivity contribution in [3.05, 3.63) is 18.0 Å². The Balaban J connectivity index is 2.64. The largest absolute Gasteiger partial charge is 0.477 e. The van der Waals surface area contributed by atoms with Crippen molar-refractivity contribution in [3.8, 4) is 0 Å². The fourth-order valence-electron chi connectivity index (χ4n) is 1.10. The lowest BCUT2D eigenvalue weighted by Gasteiger charge is -2.16. The van der Waals surface area contributed by atoms with E-state index >= 15 is 0 Å². The van der Waals surface area contributed by atoms with Crippen molar-refractivity contribution in [2.24, 2.45) is 0 Å². The molecular weight excluding hydrogens is 210 g/mol. The van der Waals surface area contributed by atoms with Crippen LogP contribution < -0.4 is 4.90 Å². The molecule has 0 bridgehead atoms. The number of hydrogen-bond acceptors (Lipinski definition) is 5. The van der Waals surface area contributed by atoms with Crippen LogP contribution in [0, 0.1) is 0 Å². The van der Waals surface area contributed by atoms with Crippen LogP contribution in [-0.4, -0.2) is 47.8 Å². The zero-order valence-corrected chi connectivity index (χ0v) is 9.38. The molecule has 6 heteroatoms. The van der Waals surface area contributed by atoms with Crippen molar-refractivity contribution in [3.63, 3.8) is 0 Å². The highest BCUT2D eigenvalue weighted by molar-refractivity contribution is 5.85. The van der Waals surface area contributed by atoms with Gasteiger partial charge >= 0.3 is 5.97 Å². The van der Waals surface area contributed by atoms with Crippen LogP contribution in [0.3, 0.4) is 0 Å². The van der Waals surface area contributed by atoms with Crippen LogP contribution in [0.5, 0.6) is 0 Å². The van der Waals surface area contributed by atoms with Gasteiger partial charge in [0.05, 0.1) is 6.61 Å². The Morgan fingerprint density at radius 2 is 2.38 bits per heavy atom. The van der Waals surface area contributed by atoms with E-state index in [0.29, 0.717) is 25.7 Å². The summed E-state index contributed by atoms with van der Waals surface area (Å²) in [4.78, 5) is 20.4. The van der Waals surface area contributed by atoms with Gasteiger partial charge in [0.1, 0.15) is 0 Å². The first-order chi connectivity index (χ1) is 7.65. The van der Waals surface area contributed by atoms with Crippen LogP contribution in [-0.2, 0) is 4.74 Å². The number of rotatable bonds is 6. The molecule has 0 spiro atoms. The number of anilines is 1. The second kappa shape index (κ2) is 6.02. The Labute approximate surface area is 93.9 Å². The van der Waals surface area contributed by atoms with Crippen molar-refractivity contribution in [1.29, 1.82) is 0 Å². The Kier molecular flexibility index (Phi) is 4.65. The van der Waals surface area contributed by atoms with Gasteiger partial charge in [-0.25, -0.2) is 14.8 Å². The van der Waals surface area contributed by atoms with Crippen LogP contribution in [0.2, 0.25) is 0 Å². The SMILES string of the molecule is CCOCCN(C)c1nccc(C(=O)O)n1. The summed E-state index contributed by atoms with van der Waals surface area (Å²) in [6, 6.07) is 1.36. The van der Waals surface area contributed by atoms with E-state index in [4.69, 9.17) is 9.84 Å². The lowest BCUT2D eigenvalue weighted by Crippen LogP contribution is -2.25. The minimum Gasteiger partial charge on any atom is -0.477 e. The molecule has 0 fully saturated rings. The second-order valence-corrected chi connectivity index (χ2v) is 3.17. The van der Waals surface area contributed by atoms with Crippen molar-refractivity contribution in [2.45, 2.75) is 6.92 Å². The van der Waals surface area contributed by atoms with Gasteiger partial charge in [-0.3, -0.25) is 0 Å². The Morgan fingerprint density at radius 3 is 3.00 bits per heavy atom. The van der Waals surface area contributed by atoms with Crippen LogP contribution in [0.25, 0.3) is 0 Å². The van der Waals surface area contributed by atoms with E-state index in [1.165, 1.54) is 12.3 Å². The summed E-state index contributed by atoms with van der Waals surface area (Å²) < 4.78 is 5.19. The fraction of sp³-hybridized carbons (Fsp3) is 0.500. The first kappa shape index (κ1) is 12.4. The summed E-state index contributed by atoms with van der Waals surface area (Å²) in [7, 11) is 1.79. The van der Waals surface area contributed by atoms with Crippen molar-refractivity contribution < 1.29 is 14.6 Å². The van der Waals surface area contributed by atoms with E-state index in [9.17, 15) is 4.79 Å². The molecule has 0 saturated heterocycles. The molecule has 1 aromatic heterocycles. The number of carboxylic acid groups (broad SMARTS) is 1. The minimum absolute atomic E-state index is 0.00624. The minimum atomic E-state index is -1.05. The highest BCUT2D eigenvalue weighted by Crippen LogP contribution is 2.05. The van der Waals surface area contributed by atoms with Gasteiger partial charge in [-0.2, -0.15) is 0 Å². The third kappa shape index (κ3) is 3.47. The Bertz CT molecular complexity index is 357. The number of carboxylic acids is 1. The number of hydrogen-bond donors (Lipinski definition) is 1. The van der Waals surface area contributed by atoms with Crippen molar-refractivity contribution in [1.82, 2.24) is 9.97 Å². The summed E-state index contributed by atoms with van der Waals surface area (Å²) in [5.41, 5.74) is -0.00624. The zero-order valence-electron chi connectivity index (χ0n) is 9.38.